The van der Waals surface area contributed by atoms with Gasteiger partial charge in [-0.1, -0.05) is 13.8 Å². The van der Waals surface area contributed by atoms with Crippen LogP contribution in [0.3, 0.4) is 0 Å². The lowest BCUT2D eigenvalue weighted by Gasteiger charge is -2.25. The van der Waals surface area contributed by atoms with Gasteiger partial charge in [-0.3, -0.25) is 4.79 Å². The zero-order valence-electron chi connectivity index (χ0n) is 8.82. The Balaban J connectivity index is 2.47. The first-order chi connectivity index (χ1) is 6.50. The maximum Gasteiger partial charge on any atom is 0.324 e. The van der Waals surface area contributed by atoms with Crippen LogP contribution in [-0.4, -0.2) is 27.6 Å². The van der Waals surface area contributed by atoms with E-state index in [-0.39, 0.29) is 5.92 Å². The number of hydrogen-bond acceptors (Lipinski definition) is 3. The molecule has 2 unspecified atom stereocenters. The van der Waals surface area contributed by atoms with Crippen molar-refractivity contribution >= 4 is 17.7 Å². The molecule has 3 nitrogen and oxygen atoms in total. The Morgan fingerprint density at radius 2 is 2.29 bits per heavy atom. The molecule has 0 aromatic heterocycles. The maximum atomic E-state index is 11.1. The smallest absolute Gasteiger partial charge is 0.324 e. The van der Waals surface area contributed by atoms with E-state index >= 15 is 0 Å². The van der Waals surface area contributed by atoms with E-state index in [9.17, 15) is 4.79 Å². The first-order valence-electron chi connectivity index (χ1n) is 5.14. The van der Waals surface area contributed by atoms with Crippen molar-refractivity contribution in [1.82, 2.24) is 0 Å². The molecule has 1 aliphatic carbocycles. The quantitative estimate of drug-likeness (QED) is 0.711. The minimum absolute atomic E-state index is 0.205. The molecule has 0 bridgehead atoms. The normalized spacial score (nSPS) is 22.8. The Morgan fingerprint density at radius 1 is 1.71 bits per heavy atom. The van der Waals surface area contributed by atoms with Crippen LogP contribution in [0, 0.1) is 5.92 Å². The van der Waals surface area contributed by atoms with E-state index in [1.165, 1.54) is 0 Å². The summed E-state index contributed by atoms with van der Waals surface area (Å²) in [5, 5.41) is 9.59. The van der Waals surface area contributed by atoms with Crippen molar-refractivity contribution in [1.29, 1.82) is 0 Å². The second-order valence-electron chi connectivity index (χ2n) is 4.15. The molecule has 0 radical (unpaired) electrons. The molecule has 0 aromatic carbocycles. The summed E-state index contributed by atoms with van der Waals surface area (Å²) in [5.41, 5.74) is 4.95. The Kier molecular flexibility index (Phi) is 3.84. The summed E-state index contributed by atoms with van der Waals surface area (Å²) in [6, 6.07) is 0. The number of carboxylic acids is 1. The summed E-state index contributed by atoms with van der Waals surface area (Å²) in [7, 11) is 0. The van der Waals surface area contributed by atoms with Crippen molar-refractivity contribution in [2.45, 2.75) is 43.9 Å². The number of nitrogens with two attached hydrogens (primary N) is 1. The van der Waals surface area contributed by atoms with E-state index in [0.29, 0.717) is 11.0 Å². The fraction of sp³-hybridized carbons (Fsp3) is 0.900. The Bertz CT molecular complexity index is 218. The van der Waals surface area contributed by atoms with Gasteiger partial charge in [0.1, 0.15) is 5.54 Å². The average molecular weight is 217 g/mol. The lowest BCUT2D eigenvalue weighted by molar-refractivity contribution is -0.143. The summed E-state index contributed by atoms with van der Waals surface area (Å²) in [5.74, 6) is -0.0884. The van der Waals surface area contributed by atoms with Crippen LogP contribution < -0.4 is 5.73 Å². The Hall–Kier alpha value is -0.220. The van der Waals surface area contributed by atoms with E-state index < -0.39 is 11.5 Å². The van der Waals surface area contributed by atoms with Gasteiger partial charge in [0.2, 0.25) is 0 Å². The highest BCUT2D eigenvalue weighted by Crippen LogP contribution is 2.40. The maximum absolute atomic E-state index is 11.1. The fourth-order valence-electron chi connectivity index (χ4n) is 1.35. The van der Waals surface area contributed by atoms with Gasteiger partial charge >= 0.3 is 5.97 Å². The minimum Gasteiger partial charge on any atom is -0.480 e. The van der Waals surface area contributed by atoms with Crippen LogP contribution in [-0.2, 0) is 4.79 Å². The third-order valence-electron chi connectivity index (χ3n) is 2.89. The summed E-state index contributed by atoms with van der Waals surface area (Å²) >= 11 is 1.67. The lowest BCUT2D eigenvalue weighted by Crippen LogP contribution is -2.52. The number of carbonyl (C=O) groups is 1. The fourth-order valence-corrected chi connectivity index (χ4v) is 2.51. The van der Waals surface area contributed by atoms with Gasteiger partial charge in [0.05, 0.1) is 0 Å². The molecule has 4 heteroatoms. The van der Waals surface area contributed by atoms with Crippen LogP contribution in [0.25, 0.3) is 0 Å². The van der Waals surface area contributed by atoms with Crippen LogP contribution >= 0.6 is 11.8 Å². The number of hydrogen-bond donors (Lipinski definition) is 2. The third kappa shape index (κ3) is 2.64. The molecule has 3 N–H and O–H groups in total. The molecule has 1 aliphatic rings. The zero-order valence-corrected chi connectivity index (χ0v) is 9.64. The molecule has 0 heterocycles. The Labute approximate surface area is 89.4 Å². The highest BCUT2D eigenvalue weighted by molar-refractivity contribution is 8.00. The van der Waals surface area contributed by atoms with Crippen molar-refractivity contribution < 1.29 is 9.90 Å². The second-order valence-corrected chi connectivity index (χ2v) is 5.58. The van der Waals surface area contributed by atoms with E-state index in [1.54, 1.807) is 11.8 Å². The number of aliphatic carboxylic acids is 1. The topological polar surface area (TPSA) is 63.3 Å². The van der Waals surface area contributed by atoms with Crippen molar-refractivity contribution in [3.8, 4) is 0 Å². The van der Waals surface area contributed by atoms with Gasteiger partial charge in [-0.2, -0.15) is 11.8 Å². The Morgan fingerprint density at radius 3 is 2.64 bits per heavy atom. The average Bonchev–Trinajstić information content (AvgIpc) is 2.96. The molecule has 0 aromatic rings. The molecule has 0 spiro atoms. The molecular weight excluding hydrogens is 198 g/mol. The van der Waals surface area contributed by atoms with Gasteiger partial charge in [0.25, 0.3) is 0 Å². The van der Waals surface area contributed by atoms with Gasteiger partial charge in [0.15, 0.2) is 0 Å². The highest BCUT2D eigenvalue weighted by atomic mass is 32.2. The summed E-state index contributed by atoms with van der Waals surface area (Å²) in [6.07, 6.45) is 3.01. The summed E-state index contributed by atoms with van der Waals surface area (Å²) < 4.78 is 0. The van der Waals surface area contributed by atoms with Gasteiger partial charge in [-0.25, -0.2) is 0 Å². The number of carboxylic acid groups (broad SMARTS) is 1. The van der Waals surface area contributed by atoms with E-state index in [1.807, 2.05) is 0 Å². The summed E-state index contributed by atoms with van der Waals surface area (Å²) in [6.45, 7) is 4.22. The molecular formula is C10H19NO2S. The van der Waals surface area contributed by atoms with Gasteiger partial charge < -0.3 is 10.8 Å². The third-order valence-corrected chi connectivity index (χ3v) is 4.43. The molecule has 14 heavy (non-hydrogen) atoms. The van der Waals surface area contributed by atoms with Gasteiger partial charge in [-0.15, -0.1) is 0 Å². The first-order valence-corrected chi connectivity index (χ1v) is 6.19. The highest BCUT2D eigenvalue weighted by Gasteiger charge is 2.48. The van der Waals surface area contributed by atoms with Crippen LogP contribution in [0.5, 0.6) is 0 Å². The van der Waals surface area contributed by atoms with Gasteiger partial charge in [-0.05, 0) is 25.2 Å². The number of rotatable bonds is 6. The SMILES string of the molecule is CCC(C)SCC(N)(C(=O)O)C1CC1. The standard InChI is InChI=1S/C10H19NO2S/c1-3-7(2)14-6-10(11,9(12)13)8-4-5-8/h7-8H,3-6,11H2,1-2H3,(H,12,13). The molecule has 2 atom stereocenters. The zero-order chi connectivity index (χ0) is 10.8. The van der Waals surface area contributed by atoms with Crippen molar-refractivity contribution in [2.24, 2.45) is 11.7 Å². The van der Waals surface area contributed by atoms with Crippen molar-refractivity contribution in [3.63, 3.8) is 0 Å². The molecule has 1 saturated carbocycles. The lowest BCUT2D eigenvalue weighted by atomic mass is 9.98. The van der Waals surface area contributed by atoms with Crippen molar-refractivity contribution in [2.75, 3.05) is 5.75 Å². The first kappa shape index (κ1) is 11.9. The molecule has 1 rings (SSSR count). The number of thioether (sulfide) groups is 1. The molecule has 0 amide bonds. The predicted octanol–water partition coefficient (Wildman–Crippen LogP) is 1.71. The van der Waals surface area contributed by atoms with Crippen LogP contribution in [0.1, 0.15) is 33.1 Å². The van der Waals surface area contributed by atoms with E-state index in [4.69, 9.17) is 10.8 Å². The largest absolute Gasteiger partial charge is 0.480 e. The second kappa shape index (κ2) is 4.53. The molecule has 0 saturated heterocycles. The molecule has 1 fully saturated rings. The predicted molar refractivity (Wildman–Crippen MR) is 59.5 cm³/mol. The molecule has 0 aliphatic heterocycles. The van der Waals surface area contributed by atoms with Crippen LogP contribution in [0.15, 0.2) is 0 Å². The van der Waals surface area contributed by atoms with E-state index in [2.05, 4.69) is 13.8 Å². The van der Waals surface area contributed by atoms with E-state index in [0.717, 1.165) is 19.3 Å². The summed E-state index contributed by atoms with van der Waals surface area (Å²) in [4.78, 5) is 11.1. The molecule has 82 valence electrons. The van der Waals surface area contributed by atoms with Crippen LogP contribution in [0.2, 0.25) is 0 Å². The van der Waals surface area contributed by atoms with Gasteiger partial charge in [0, 0.05) is 11.0 Å². The van der Waals surface area contributed by atoms with Crippen molar-refractivity contribution in [3.05, 3.63) is 0 Å². The minimum atomic E-state index is -0.978. The van der Waals surface area contributed by atoms with Crippen LogP contribution in [0.4, 0.5) is 0 Å². The monoisotopic (exact) mass is 217 g/mol.